The zero-order valence-corrected chi connectivity index (χ0v) is 14.1. The van der Waals surface area contributed by atoms with Crippen molar-refractivity contribution in [2.24, 2.45) is 0 Å². The minimum atomic E-state index is -0.135. The van der Waals surface area contributed by atoms with Gasteiger partial charge >= 0.3 is 0 Å². The Hall–Kier alpha value is -1.39. The average molecular weight is 316 g/mol. The van der Waals surface area contributed by atoms with Crippen molar-refractivity contribution < 1.29 is 9.90 Å². The van der Waals surface area contributed by atoms with E-state index < -0.39 is 0 Å². The van der Waals surface area contributed by atoms with E-state index in [2.05, 4.69) is 36.1 Å². The number of carbonyl (C=O) groups is 1. The molecule has 2 aliphatic heterocycles. The molecule has 0 bridgehead atoms. The zero-order chi connectivity index (χ0) is 16.3. The van der Waals surface area contributed by atoms with Crippen LogP contribution in [0, 0.1) is 0 Å². The molecule has 0 spiro atoms. The van der Waals surface area contributed by atoms with Gasteiger partial charge in [0, 0.05) is 44.6 Å². The van der Waals surface area contributed by atoms with Gasteiger partial charge in [-0.3, -0.25) is 4.79 Å². The predicted octanol–water partition coefficient (Wildman–Crippen LogP) is 2.02. The van der Waals surface area contributed by atoms with E-state index in [0.717, 1.165) is 52.0 Å². The number of nitrogens with zero attached hydrogens (tertiary/aromatic N) is 2. The molecule has 1 aromatic rings. The van der Waals surface area contributed by atoms with Crippen molar-refractivity contribution in [3.63, 3.8) is 0 Å². The summed E-state index contributed by atoms with van der Waals surface area (Å²) in [5.74, 6) is 0.287. The Morgan fingerprint density at radius 1 is 1.17 bits per heavy atom. The van der Waals surface area contributed by atoms with Gasteiger partial charge in [-0.1, -0.05) is 37.3 Å². The number of rotatable bonds is 4. The fourth-order valence-corrected chi connectivity index (χ4v) is 3.81. The van der Waals surface area contributed by atoms with Crippen molar-refractivity contribution in [2.75, 3.05) is 32.7 Å². The van der Waals surface area contributed by atoms with Crippen molar-refractivity contribution >= 4 is 5.91 Å². The molecule has 1 amide bonds. The number of benzene rings is 1. The Kier molecular flexibility index (Phi) is 5.02. The molecule has 2 saturated heterocycles. The second-order valence-corrected chi connectivity index (χ2v) is 7.31. The molecular weight excluding hydrogens is 288 g/mol. The predicted molar refractivity (Wildman–Crippen MR) is 91.3 cm³/mol. The van der Waals surface area contributed by atoms with Crippen LogP contribution in [0.3, 0.4) is 0 Å². The molecule has 126 valence electrons. The maximum atomic E-state index is 12.3. The van der Waals surface area contributed by atoms with Crippen molar-refractivity contribution in [1.82, 2.24) is 9.80 Å². The molecule has 3 rings (SSSR count). The number of amides is 1. The molecule has 4 nitrogen and oxygen atoms in total. The van der Waals surface area contributed by atoms with Crippen molar-refractivity contribution in [3.05, 3.63) is 35.9 Å². The molecule has 0 aliphatic carbocycles. The fraction of sp³-hybridized carbons (Fsp3) is 0.632. The van der Waals surface area contributed by atoms with Crippen LogP contribution in [0.4, 0.5) is 0 Å². The van der Waals surface area contributed by atoms with Crippen LogP contribution in [0.5, 0.6) is 0 Å². The summed E-state index contributed by atoms with van der Waals surface area (Å²) in [5.41, 5.74) is 1.39. The lowest BCUT2D eigenvalue weighted by molar-refractivity contribution is -0.135. The van der Waals surface area contributed by atoms with E-state index in [4.69, 9.17) is 0 Å². The number of hydrogen-bond acceptors (Lipinski definition) is 3. The maximum absolute atomic E-state index is 12.3. The number of aliphatic hydroxyl groups is 1. The highest BCUT2D eigenvalue weighted by Crippen LogP contribution is 2.33. The SMILES string of the molecule is C[C@]1(c2ccccc2)CCC(=O)N(CCN2CCC(O)CC2)C1. The highest BCUT2D eigenvalue weighted by atomic mass is 16.3. The molecule has 2 heterocycles. The van der Waals surface area contributed by atoms with Crippen LogP contribution in [0.1, 0.15) is 38.2 Å². The Morgan fingerprint density at radius 2 is 1.87 bits per heavy atom. The quantitative estimate of drug-likeness (QED) is 0.924. The van der Waals surface area contributed by atoms with Crippen LogP contribution in [0.2, 0.25) is 0 Å². The normalized spacial score (nSPS) is 27.4. The summed E-state index contributed by atoms with van der Waals surface area (Å²) in [7, 11) is 0. The topological polar surface area (TPSA) is 43.8 Å². The first-order valence-electron chi connectivity index (χ1n) is 8.80. The van der Waals surface area contributed by atoms with Crippen LogP contribution in [0.25, 0.3) is 0 Å². The number of likely N-dealkylation sites (tertiary alicyclic amines) is 2. The van der Waals surface area contributed by atoms with E-state index in [1.54, 1.807) is 0 Å². The molecule has 2 fully saturated rings. The van der Waals surface area contributed by atoms with Crippen molar-refractivity contribution in [3.8, 4) is 0 Å². The Labute approximate surface area is 139 Å². The van der Waals surface area contributed by atoms with Crippen LogP contribution >= 0.6 is 0 Å². The summed E-state index contributed by atoms with van der Waals surface area (Å²) in [4.78, 5) is 16.7. The van der Waals surface area contributed by atoms with Crippen LogP contribution in [-0.4, -0.2) is 59.6 Å². The second kappa shape index (κ2) is 7.02. The molecule has 0 saturated carbocycles. The summed E-state index contributed by atoms with van der Waals surface area (Å²) in [5, 5.41) is 9.59. The fourth-order valence-electron chi connectivity index (χ4n) is 3.81. The second-order valence-electron chi connectivity index (χ2n) is 7.31. The van der Waals surface area contributed by atoms with E-state index in [9.17, 15) is 9.90 Å². The monoisotopic (exact) mass is 316 g/mol. The average Bonchev–Trinajstić information content (AvgIpc) is 2.58. The lowest BCUT2D eigenvalue weighted by atomic mass is 9.75. The number of hydrogen-bond donors (Lipinski definition) is 1. The van der Waals surface area contributed by atoms with Crippen LogP contribution in [0.15, 0.2) is 30.3 Å². The van der Waals surface area contributed by atoms with Crippen molar-refractivity contribution in [1.29, 1.82) is 0 Å². The third-order valence-electron chi connectivity index (χ3n) is 5.50. The minimum Gasteiger partial charge on any atom is -0.393 e. The first-order chi connectivity index (χ1) is 11.1. The number of aliphatic hydroxyl groups excluding tert-OH is 1. The van der Waals surface area contributed by atoms with Gasteiger partial charge in [0.2, 0.25) is 5.91 Å². The van der Waals surface area contributed by atoms with E-state index in [-0.39, 0.29) is 17.4 Å². The molecular formula is C19H28N2O2. The Bertz CT molecular complexity index is 525. The van der Waals surface area contributed by atoms with Gasteiger partial charge in [0.1, 0.15) is 0 Å². The Morgan fingerprint density at radius 3 is 2.57 bits per heavy atom. The van der Waals surface area contributed by atoms with E-state index in [1.165, 1.54) is 5.56 Å². The van der Waals surface area contributed by atoms with Gasteiger partial charge in [-0.25, -0.2) is 0 Å². The minimum absolute atomic E-state index is 0.0628. The smallest absolute Gasteiger partial charge is 0.222 e. The van der Waals surface area contributed by atoms with Gasteiger partial charge in [-0.2, -0.15) is 0 Å². The molecule has 0 radical (unpaired) electrons. The highest BCUT2D eigenvalue weighted by molar-refractivity contribution is 5.77. The molecule has 23 heavy (non-hydrogen) atoms. The van der Waals surface area contributed by atoms with Gasteiger partial charge in [0.15, 0.2) is 0 Å². The molecule has 1 N–H and O–H groups in total. The van der Waals surface area contributed by atoms with E-state index in [0.29, 0.717) is 6.42 Å². The summed E-state index contributed by atoms with van der Waals surface area (Å²) in [6.07, 6.45) is 3.15. The molecule has 4 heteroatoms. The van der Waals surface area contributed by atoms with E-state index in [1.807, 2.05) is 11.0 Å². The molecule has 1 atom stereocenters. The molecule has 1 aromatic carbocycles. The highest BCUT2D eigenvalue weighted by Gasteiger charge is 2.36. The number of carbonyl (C=O) groups excluding carboxylic acids is 1. The van der Waals surface area contributed by atoms with Crippen molar-refractivity contribution in [2.45, 2.75) is 44.1 Å². The van der Waals surface area contributed by atoms with Crippen LogP contribution in [-0.2, 0) is 10.2 Å². The first-order valence-corrected chi connectivity index (χ1v) is 8.80. The first kappa shape index (κ1) is 16.5. The van der Waals surface area contributed by atoms with Gasteiger partial charge in [-0.15, -0.1) is 0 Å². The van der Waals surface area contributed by atoms with Crippen LogP contribution < -0.4 is 0 Å². The summed E-state index contributed by atoms with van der Waals surface area (Å²) in [6.45, 7) is 6.70. The summed E-state index contributed by atoms with van der Waals surface area (Å²) in [6, 6.07) is 10.6. The summed E-state index contributed by atoms with van der Waals surface area (Å²) < 4.78 is 0. The standard InChI is InChI=1S/C19H28N2O2/c1-19(16-5-3-2-4-6-16)10-7-18(23)21(15-19)14-13-20-11-8-17(22)9-12-20/h2-6,17,22H,7-15H2,1H3/t19-/m0/s1. The lowest BCUT2D eigenvalue weighted by Gasteiger charge is -2.41. The molecule has 2 aliphatic rings. The van der Waals surface area contributed by atoms with Gasteiger partial charge in [0.25, 0.3) is 0 Å². The van der Waals surface area contributed by atoms with Gasteiger partial charge in [0.05, 0.1) is 6.10 Å². The van der Waals surface area contributed by atoms with E-state index >= 15 is 0 Å². The summed E-state index contributed by atoms with van der Waals surface area (Å²) >= 11 is 0. The third kappa shape index (κ3) is 3.93. The molecule has 0 aromatic heterocycles. The Balaban J connectivity index is 1.59. The van der Waals surface area contributed by atoms with Gasteiger partial charge in [-0.05, 0) is 24.8 Å². The molecule has 0 unspecified atom stereocenters. The third-order valence-corrected chi connectivity index (χ3v) is 5.50. The largest absolute Gasteiger partial charge is 0.393 e. The lowest BCUT2D eigenvalue weighted by Crippen LogP contribution is -2.50. The maximum Gasteiger partial charge on any atom is 0.222 e. The van der Waals surface area contributed by atoms with Gasteiger partial charge < -0.3 is 14.9 Å². The zero-order valence-electron chi connectivity index (χ0n) is 14.1. The number of piperidine rings is 2.